The molecule has 13 heteroatoms. The average molecular weight is 604 g/mol. The van der Waals surface area contributed by atoms with E-state index < -0.39 is 40.7 Å². The Balaban J connectivity index is 1.26. The lowest BCUT2D eigenvalue weighted by Crippen LogP contribution is -2.32. The van der Waals surface area contributed by atoms with E-state index in [2.05, 4.69) is 15.0 Å². The Kier molecular flexibility index (Phi) is 7.67. The number of imidazole rings is 1. The van der Waals surface area contributed by atoms with E-state index in [-0.39, 0.29) is 64.8 Å². The summed E-state index contributed by atoms with van der Waals surface area (Å²) in [6, 6.07) is 12.3. The minimum Gasteiger partial charge on any atom is -0.478 e. The molecular formula is C31H21F4N5O4. The minimum absolute atomic E-state index is 0.000516. The van der Waals surface area contributed by atoms with Crippen LogP contribution in [0, 0.1) is 34.6 Å². The second kappa shape index (κ2) is 11.7. The maximum atomic E-state index is 15.4. The summed E-state index contributed by atoms with van der Waals surface area (Å²) in [7, 11) is 0. The van der Waals surface area contributed by atoms with E-state index in [1.807, 2.05) is 6.07 Å². The van der Waals surface area contributed by atoms with Crippen molar-refractivity contribution in [3.8, 4) is 23.3 Å². The van der Waals surface area contributed by atoms with Gasteiger partial charge in [-0.25, -0.2) is 27.9 Å². The summed E-state index contributed by atoms with van der Waals surface area (Å²) in [5.74, 6) is -4.84. The number of aromatic nitrogens is 4. The third kappa shape index (κ3) is 5.55. The molecule has 9 nitrogen and oxygen atoms in total. The van der Waals surface area contributed by atoms with Crippen LogP contribution in [0.1, 0.15) is 39.3 Å². The van der Waals surface area contributed by atoms with Crippen molar-refractivity contribution in [2.45, 2.75) is 32.1 Å². The molecule has 3 heterocycles. The molecule has 1 N–H and O–H groups in total. The average Bonchev–Trinajstić information content (AvgIpc) is 3.33. The molecule has 0 radical (unpaired) electrons. The summed E-state index contributed by atoms with van der Waals surface area (Å²) in [6.45, 7) is 0.389. The topological polar surface area (TPSA) is 123 Å². The number of fused-ring (bicyclic) bond motifs is 1. The van der Waals surface area contributed by atoms with Crippen LogP contribution in [-0.2, 0) is 24.3 Å². The summed E-state index contributed by atoms with van der Waals surface area (Å²) in [4.78, 5) is 23.9. The van der Waals surface area contributed by atoms with Crippen molar-refractivity contribution in [2.75, 3.05) is 6.61 Å². The Morgan fingerprint density at radius 3 is 2.50 bits per heavy atom. The number of hydrogen-bond acceptors (Lipinski definition) is 7. The summed E-state index contributed by atoms with van der Waals surface area (Å²) in [5.41, 5.74) is 0.333. The van der Waals surface area contributed by atoms with Gasteiger partial charge >= 0.3 is 5.97 Å². The quantitative estimate of drug-likeness (QED) is 0.217. The van der Waals surface area contributed by atoms with Gasteiger partial charge in [-0.05, 0) is 42.3 Å². The number of nitrogens with zero attached hydrogens (tertiary/aromatic N) is 5. The predicted molar refractivity (Wildman–Crippen MR) is 147 cm³/mol. The zero-order valence-electron chi connectivity index (χ0n) is 22.7. The van der Waals surface area contributed by atoms with E-state index in [0.717, 1.165) is 30.8 Å². The minimum atomic E-state index is -1.42. The molecule has 6 rings (SSSR count). The first-order chi connectivity index (χ1) is 21.2. The van der Waals surface area contributed by atoms with E-state index in [4.69, 9.17) is 14.7 Å². The highest BCUT2D eigenvalue weighted by molar-refractivity contribution is 5.93. The van der Waals surface area contributed by atoms with Gasteiger partial charge in [0.15, 0.2) is 11.6 Å². The molecule has 0 saturated carbocycles. The van der Waals surface area contributed by atoms with Gasteiger partial charge in [0.05, 0.1) is 41.6 Å². The molecule has 0 amide bonds. The molecule has 0 spiro atoms. The van der Waals surface area contributed by atoms with Crippen molar-refractivity contribution in [1.29, 1.82) is 5.26 Å². The van der Waals surface area contributed by atoms with Crippen LogP contribution in [0.3, 0.4) is 0 Å². The Morgan fingerprint density at radius 2 is 1.82 bits per heavy atom. The summed E-state index contributed by atoms with van der Waals surface area (Å²) in [5, 5.41) is 18.3. The van der Waals surface area contributed by atoms with E-state index in [1.165, 1.54) is 34.9 Å². The summed E-state index contributed by atoms with van der Waals surface area (Å²) < 4.78 is 71.7. The van der Waals surface area contributed by atoms with Gasteiger partial charge in [0.25, 0.3) is 5.88 Å². The normalized spacial score (nSPS) is 14.3. The molecule has 1 aliphatic heterocycles. The van der Waals surface area contributed by atoms with Crippen LogP contribution in [0.5, 0.6) is 5.88 Å². The fourth-order valence-electron chi connectivity index (χ4n) is 4.83. The van der Waals surface area contributed by atoms with Crippen LogP contribution >= 0.6 is 0 Å². The maximum absolute atomic E-state index is 15.4. The Morgan fingerprint density at radius 1 is 1.05 bits per heavy atom. The smallest absolute Gasteiger partial charge is 0.338 e. The fraction of sp³-hybridized carbons (Fsp3) is 0.194. The number of nitriles is 1. The number of halogens is 4. The van der Waals surface area contributed by atoms with E-state index in [0.29, 0.717) is 12.4 Å². The van der Waals surface area contributed by atoms with Crippen molar-refractivity contribution in [3.63, 3.8) is 0 Å². The molecule has 1 atom stereocenters. The number of carboxylic acid groups (broad SMARTS) is 1. The summed E-state index contributed by atoms with van der Waals surface area (Å²) >= 11 is 0. The van der Waals surface area contributed by atoms with Crippen molar-refractivity contribution < 1.29 is 36.9 Å². The predicted octanol–water partition coefficient (Wildman–Crippen LogP) is 5.58. The lowest BCUT2D eigenvalue weighted by atomic mass is 10.1. The zero-order valence-corrected chi connectivity index (χ0v) is 22.7. The van der Waals surface area contributed by atoms with Gasteiger partial charge in [0.2, 0.25) is 5.82 Å². The lowest BCUT2D eigenvalue weighted by Gasteiger charge is -2.27. The first-order valence-electron chi connectivity index (χ1n) is 13.4. The molecule has 0 bridgehead atoms. The molecule has 1 saturated heterocycles. The van der Waals surface area contributed by atoms with Crippen LogP contribution in [0.25, 0.3) is 22.4 Å². The molecular weight excluding hydrogens is 582 g/mol. The van der Waals surface area contributed by atoms with Crippen LogP contribution in [0.15, 0.2) is 54.7 Å². The van der Waals surface area contributed by atoms with Crippen molar-refractivity contribution >= 4 is 17.0 Å². The Bertz CT molecular complexity index is 1970. The zero-order chi connectivity index (χ0) is 31.0. The number of hydrogen-bond donors (Lipinski definition) is 1. The molecule has 0 unspecified atom stereocenters. The Hall–Kier alpha value is -5.35. The van der Waals surface area contributed by atoms with Gasteiger partial charge in [0, 0.05) is 24.2 Å². The third-order valence-electron chi connectivity index (χ3n) is 7.25. The van der Waals surface area contributed by atoms with Crippen molar-refractivity contribution in [1.82, 2.24) is 19.5 Å². The van der Waals surface area contributed by atoms with Crippen LogP contribution in [0.2, 0.25) is 0 Å². The largest absolute Gasteiger partial charge is 0.478 e. The highest BCUT2D eigenvalue weighted by Crippen LogP contribution is 2.29. The second-order valence-electron chi connectivity index (χ2n) is 10.1. The maximum Gasteiger partial charge on any atom is 0.338 e. The number of carbonyl (C=O) groups is 1. The van der Waals surface area contributed by atoms with Gasteiger partial charge in [-0.2, -0.15) is 14.6 Å². The van der Waals surface area contributed by atoms with E-state index in [1.54, 1.807) is 0 Å². The fourth-order valence-corrected chi connectivity index (χ4v) is 4.83. The number of rotatable bonds is 9. The van der Waals surface area contributed by atoms with Gasteiger partial charge in [-0.15, -0.1) is 0 Å². The van der Waals surface area contributed by atoms with Crippen molar-refractivity contribution in [2.24, 2.45) is 0 Å². The molecule has 222 valence electrons. The van der Waals surface area contributed by atoms with Crippen LogP contribution in [-0.4, -0.2) is 43.3 Å². The molecule has 3 aromatic carbocycles. The second-order valence-corrected chi connectivity index (χ2v) is 10.1. The Labute approximate surface area is 247 Å². The highest BCUT2D eigenvalue weighted by atomic mass is 19.1. The number of benzene rings is 3. The molecule has 1 aliphatic rings. The lowest BCUT2D eigenvalue weighted by molar-refractivity contribution is -0.0590. The van der Waals surface area contributed by atoms with E-state index >= 15 is 8.78 Å². The van der Waals surface area contributed by atoms with Crippen LogP contribution < -0.4 is 4.74 Å². The molecule has 44 heavy (non-hydrogen) atoms. The highest BCUT2D eigenvalue weighted by Gasteiger charge is 2.26. The standard InChI is InChI=1S/C31H21F4N5O4/c32-22-9-16(12-36)1-2-19(22)15-44-30-24(34)13-37-29(39-30)18-4-3-17(23(33)10-18)11-26-38-25-6-5-21(31(41)42)27(35)28(25)40(26)14-20-7-8-43-20/h1-6,9-10,13,20H,7-8,11,14-15H2,(H,41,42)/t20-/m0/s1. The van der Waals surface area contributed by atoms with Crippen molar-refractivity contribution in [3.05, 3.63) is 106 Å². The third-order valence-corrected chi connectivity index (χ3v) is 7.25. The monoisotopic (exact) mass is 603 g/mol. The molecule has 2 aromatic heterocycles. The van der Waals surface area contributed by atoms with Crippen LogP contribution in [0.4, 0.5) is 17.6 Å². The number of ether oxygens (including phenoxy) is 2. The van der Waals surface area contributed by atoms with Gasteiger partial charge in [0.1, 0.15) is 29.6 Å². The number of aromatic carboxylic acids is 1. The van der Waals surface area contributed by atoms with Gasteiger partial charge in [-0.1, -0.05) is 18.2 Å². The molecule has 5 aromatic rings. The van der Waals surface area contributed by atoms with Gasteiger partial charge in [-0.3, -0.25) is 0 Å². The molecule has 1 fully saturated rings. The SMILES string of the molecule is N#Cc1ccc(COc2nc(-c3ccc(Cc4nc5ccc(C(=O)O)c(F)c5n4C[C@@H]4CCO4)c(F)c3)ncc2F)c(F)c1. The number of carboxylic acids is 1. The van der Waals surface area contributed by atoms with E-state index in [9.17, 15) is 18.7 Å². The first-order valence-corrected chi connectivity index (χ1v) is 13.4. The summed E-state index contributed by atoms with van der Waals surface area (Å²) in [6.07, 6.45) is 1.31. The van der Waals surface area contributed by atoms with Gasteiger partial charge < -0.3 is 19.1 Å². The molecule has 0 aliphatic carbocycles. The first kappa shape index (κ1) is 28.8.